The average molecular weight is 552 g/mol. The summed E-state index contributed by atoms with van der Waals surface area (Å²) in [6.07, 6.45) is 0. The Labute approximate surface area is 232 Å². The summed E-state index contributed by atoms with van der Waals surface area (Å²) < 4.78 is 21.9. The van der Waals surface area contributed by atoms with Crippen molar-refractivity contribution in [3.63, 3.8) is 0 Å². The molecule has 4 rings (SSSR count). The Kier molecular flexibility index (Phi) is 8.35. The normalized spacial score (nSPS) is 16.5. The number of hydrogen-bond donors (Lipinski definition) is 1. The van der Waals surface area contributed by atoms with Crippen LogP contribution in [0.15, 0.2) is 66.2 Å². The van der Waals surface area contributed by atoms with Crippen molar-refractivity contribution >= 4 is 34.7 Å². The number of ether oxygens (including phenoxy) is 4. The topological polar surface area (TPSA) is 94.5 Å². The molecule has 1 aliphatic heterocycles. The lowest BCUT2D eigenvalue weighted by Gasteiger charge is -2.26. The third kappa shape index (κ3) is 5.52. The molecule has 0 radical (unpaired) electrons. The Bertz CT molecular complexity index is 1420. The van der Waals surface area contributed by atoms with E-state index >= 15 is 0 Å². The number of carbonyl (C=O) groups is 2. The van der Waals surface area contributed by atoms with E-state index in [0.717, 1.165) is 0 Å². The van der Waals surface area contributed by atoms with E-state index in [9.17, 15) is 14.7 Å². The number of benzene rings is 3. The number of aliphatic hydroxyl groups is 1. The number of nitrogens with zero attached hydrogens (tertiary/aromatic N) is 1. The predicted octanol–water partition coefficient (Wildman–Crippen LogP) is 6.03. The third-order valence-corrected chi connectivity index (χ3v) is 6.58. The maximum atomic E-state index is 13.5. The Hall–Kier alpha value is -4.17. The van der Waals surface area contributed by atoms with Gasteiger partial charge in [-0.2, -0.15) is 0 Å². The minimum absolute atomic E-state index is 0.118. The van der Waals surface area contributed by atoms with Gasteiger partial charge in [0.1, 0.15) is 28.8 Å². The van der Waals surface area contributed by atoms with Crippen molar-refractivity contribution in [1.82, 2.24) is 0 Å². The van der Waals surface area contributed by atoms with Gasteiger partial charge in [0.05, 0.1) is 50.1 Å². The fourth-order valence-electron chi connectivity index (χ4n) is 4.38. The molecule has 3 aromatic carbocycles. The van der Waals surface area contributed by atoms with Crippen LogP contribution in [0.2, 0.25) is 5.02 Å². The van der Waals surface area contributed by atoms with Gasteiger partial charge in [-0.05, 0) is 53.9 Å². The summed E-state index contributed by atoms with van der Waals surface area (Å²) in [7, 11) is 4.39. The van der Waals surface area contributed by atoms with Gasteiger partial charge in [0.25, 0.3) is 11.7 Å². The Morgan fingerprint density at radius 1 is 0.923 bits per heavy atom. The summed E-state index contributed by atoms with van der Waals surface area (Å²) in [5, 5.41) is 11.7. The molecule has 1 aliphatic rings. The summed E-state index contributed by atoms with van der Waals surface area (Å²) >= 11 is 6.35. The van der Waals surface area contributed by atoms with Gasteiger partial charge < -0.3 is 24.1 Å². The van der Waals surface area contributed by atoms with Crippen LogP contribution < -0.4 is 23.8 Å². The van der Waals surface area contributed by atoms with Crippen LogP contribution in [0.5, 0.6) is 23.0 Å². The van der Waals surface area contributed by atoms with Crippen molar-refractivity contribution in [2.75, 3.05) is 32.8 Å². The minimum Gasteiger partial charge on any atom is -0.507 e. The van der Waals surface area contributed by atoms with Gasteiger partial charge in [0.15, 0.2) is 0 Å². The SMILES string of the molecule is COc1cccc(C2/C(=C(\O)c3cc(Cl)c(OC)cc3OC)C(=O)C(=O)N2c2ccc(OCC(C)C)cc2)c1. The molecule has 3 aromatic rings. The second-order valence-electron chi connectivity index (χ2n) is 9.33. The van der Waals surface area contributed by atoms with E-state index in [1.54, 1.807) is 48.5 Å². The molecule has 0 saturated carbocycles. The first-order valence-electron chi connectivity index (χ1n) is 12.3. The average Bonchev–Trinajstić information content (AvgIpc) is 3.21. The monoisotopic (exact) mass is 551 g/mol. The van der Waals surface area contributed by atoms with Gasteiger partial charge in [-0.15, -0.1) is 0 Å². The molecule has 9 heteroatoms. The Morgan fingerprint density at radius 2 is 1.62 bits per heavy atom. The number of methoxy groups -OCH3 is 3. The molecule has 0 spiro atoms. The Morgan fingerprint density at radius 3 is 2.23 bits per heavy atom. The molecule has 1 heterocycles. The zero-order valence-electron chi connectivity index (χ0n) is 22.4. The van der Waals surface area contributed by atoms with Crippen molar-refractivity contribution in [3.8, 4) is 23.0 Å². The van der Waals surface area contributed by atoms with Gasteiger partial charge in [-0.3, -0.25) is 14.5 Å². The second-order valence-corrected chi connectivity index (χ2v) is 9.74. The number of ketones is 1. The lowest BCUT2D eigenvalue weighted by Crippen LogP contribution is -2.29. The maximum Gasteiger partial charge on any atom is 0.300 e. The number of halogens is 1. The summed E-state index contributed by atoms with van der Waals surface area (Å²) in [6, 6.07) is 15.9. The predicted molar refractivity (Wildman–Crippen MR) is 149 cm³/mol. The lowest BCUT2D eigenvalue weighted by molar-refractivity contribution is -0.132. The fraction of sp³-hybridized carbons (Fsp3) is 0.267. The summed E-state index contributed by atoms with van der Waals surface area (Å²) in [4.78, 5) is 28.4. The molecular formula is C30H30ClNO7. The second kappa shape index (κ2) is 11.7. The number of anilines is 1. The van der Waals surface area contributed by atoms with E-state index in [4.69, 9.17) is 30.5 Å². The molecule has 39 heavy (non-hydrogen) atoms. The van der Waals surface area contributed by atoms with Crippen molar-refractivity contribution in [1.29, 1.82) is 0 Å². The number of Topliss-reactive ketones (excluding diaryl/α,β-unsaturated/α-hetero) is 1. The molecule has 0 aliphatic carbocycles. The van der Waals surface area contributed by atoms with Crippen LogP contribution in [-0.4, -0.2) is 44.7 Å². The van der Waals surface area contributed by atoms with E-state index in [-0.39, 0.29) is 21.9 Å². The summed E-state index contributed by atoms with van der Waals surface area (Å²) in [5.74, 6) is -0.0139. The molecular weight excluding hydrogens is 522 g/mol. The molecule has 1 N–H and O–H groups in total. The molecule has 1 fully saturated rings. The summed E-state index contributed by atoms with van der Waals surface area (Å²) in [6.45, 7) is 4.64. The highest BCUT2D eigenvalue weighted by Gasteiger charge is 2.47. The highest BCUT2D eigenvalue weighted by Crippen LogP contribution is 2.45. The Balaban J connectivity index is 1.90. The fourth-order valence-corrected chi connectivity index (χ4v) is 4.62. The smallest absolute Gasteiger partial charge is 0.300 e. The van der Waals surface area contributed by atoms with Crippen molar-refractivity contribution in [3.05, 3.63) is 82.4 Å². The largest absolute Gasteiger partial charge is 0.507 e. The van der Waals surface area contributed by atoms with Crippen LogP contribution in [-0.2, 0) is 9.59 Å². The number of carbonyl (C=O) groups excluding carboxylic acids is 2. The minimum atomic E-state index is -0.965. The summed E-state index contributed by atoms with van der Waals surface area (Å²) in [5.41, 5.74) is 1.05. The molecule has 1 saturated heterocycles. The highest BCUT2D eigenvalue weighted by molar-refractivity contribution is 6.51. The van der Waals surface area contributed by atoms with Crippen LogP contribution in [0.25, 0.3) is 5.76 Å². The van der Waals surface area contributed by atoms with E-state index in [2.05, 4.69) is 0 Å². The van der Waals surface area contributed by atoms with Crippen LogP contribution in [0.3, 0.4) is 0 Å². The number of rotatable bonds is 9. The van der Waals surface area contributed by atoms with Gasteiger partial charge in [0, 0.05) is 11.8 Å². The lowest BCUT2D eigenvalue weighted by atomic mass is 9.94. The van der Waals surface area contributed by atoms with E-state index < -0.39 is 23.5 Å². The highest BCUT2D eigenvalue weighted by atomic mass is 35.5. The zero-order valence-corrected chi connectivity index (χ0v) is 23.1. The quantitative estimate of drug-likeness (QED) is 0.197. The van der Waals surface area contributed by atoms with Gasteiger partial charge in [0.2, 0.25) is 0 Å². The first kappa shape index (κ1) is 27.9. The molecule has 1 unspecified atom stereocenters. The van der Waals surface area contributed by atoms with Crippen molar-refractivity contribution in [2.45, 2.75) is 19.9 Å². The molecule has 1 amide bonds. The van der Waals surface area contributed by atoms with E-state index in [1.807, 2.05) is 13.8 Å². The van der Waals surface area contributed by atoms with Crippen LogP contribution >= 0.6 is 11.6 Å². The number of amides is 1. The molecule has 0 bridgehead atoms. The van der Waals surface area contributed by atoms with Crippen molar-refractivity contribution < 1.29 is 33.6 Å². The van der Waals surface area contributed by atoms with Crippen molar-refractivity contribution in [2.24, 2.45) is 5.92 Å². The molecule has 8 nitrogen and oxygen atoms in total. The molecule has 0 aromatic heterocycles. The van der Waals surface area contributed by atoms with Gasteiger partial charge in [-0.25, -0.2) is 0 Å². The number of hydrogen-bond acceptors (Lipinski definition) is 7. The maximum absolute atomic E-state index is 13.5. The molecule has 204 valence electrons. The van der Waals surface area contributed by atoms with E-state index in [0.29, 0.717) is 41.0 Å². The van der Waals surface area contributed by atoms with Crippen LogP contribution in [0.4, 0.5) is 5.69 Å². The molecule has 1 atom stereocenters. The first-order chi connectivity index (χ1) is 18.7. The van der Waals surface area contributed by atoms with E-state index in [1.165, 1.54) is 38.4 Å². The number of aliphatic hydroxyl groups excluding tert-OH is 1. The van der Waals surface area contributed by atoms with Crippen LogP contribution in [0.1, 0.15) is 31.0 Å². The van der Waals surface area contributed by atoms with Gasteiger partial charge >= 0.3 is 0 Å². The van der Waals surface area contributed by atoms with Gasteiger partial charge in [-0.1, -0.05) is 37.6 Å². The third-order valence-electron chi connectivity index (χ3n) is 6.28. The standard InChI is InChI=1S/C30H30ClNO7/c1-17(2)16-39-20-11-9-19(10-12-20)32-27(18-7-6-8-21(13-18)36-3)26(29(34)30(32)35)28(33)22-14-23(31)25(38-5)15-24(22)37-4/h6-15,17,27,33H,16H2,1-5H3/b28-26+. The zero-order chi connectivity index (χ0) is 28.3. The first-order valence-corrected chi connectivity index (χ1v) is 12.7. The van der Waals surface area contributed by atoms with Crippen LogP contribution in [0, 0.1) is 5.92 Å².